The van der Waals surface area contributed by atoms with E-state index in [1.165, 1.54) is 0 Å². The van der Waals surface area contributed by atoms with Gasteiger partial charge in [0.2, 0.25) is 5.78 Å². The largest absolute Gasteiger partial charge is 0.451 e. The zero-order valence-corrected chi connectivity index (χ0v) is 14.4. The average molecular weight is 336 g/mol. The number of carbonyl (C=O) groups is 2. The van der Waals surface area contributed by atoms with E-state index in [2.05, 4.69) is 4.98 Å². The molecule has 5 heteroatoms. The molecule has 0 saturated carbocycles. The topological polar surface area (TPSA) is 85.2 Å². The molecule has 0 aliphatic carbocycles. The number of nitrogens with one attached hydrogen (secondary N) is 1. The predicted octanol–water partition coefficient (Wildman–Crippen LogP) is 3.80. The van der Waals surface area contributed by atoms with Crippen LogP contribution in [0.2, 0.25) is 0 Å². The van der Waals surface area contributed by atoms with Gasteiger partial charge in [-0.15, -0.1) is 0 Å². The van der Waals surface area contributed by atoms with Crippen LogP contribution in [-0.2, 0) is 4.74 Å². The molecule has 3 aromatic rings. The molecule has 25 heavy (non-hydrogen) atoms. The number of rotatable bonds is 4. The van der Waals surface area contributed by atoms with Crippen LogP contribution in [0, 0.1) is 13.8 Å². The molecule has 0 fully saturated rings. The number of para-hydroxylation sites is 2. The van der Waals surface area contributed by atoms with Crippen molar-refractivity contribution in [3.05, 3.63) is 64.8 Å². The predicted molar refractivity (Wildman–Crippen MR) is 97.8 cm³/mol. The molecule has 0 saturated heterocycles. The highest BCUT2D eigenvalue weighted by molar-refractivity contribution is 6.12. The summed E-state index contributed by atoms with van der Waals surface area (Å²) < 4.78 is 5.38. The minimum atomic E-state index is -0.912. The fraction of sp³-hybridized carbons (Fsp3) is 0.200. The van der Waals surface area contributed by atoms with E-state index >= 15 is 0 Å². The van der Waals surface area contributed by atoms with Crippen molar-refractivity contribution in [1.82, 2.24) is 4.98 Å². The van der Waals surface area contributed by atoms with Gasteiger partial charge in [0, 0.05) is 27.8 Å². The quantitative estimate of drug-likeness (QED) is 0.431. The van der Waals surface area contributed by atoms with Crippen LogP contribution in [0.3, 0.4) is 0 Å². The standard InChI is InChI=1S/C20H20N2O3/c1-11-7-6-9-15(18(11)21)20(24)25-13(3)19(23)17-12(2)22-16-10-5-4-8-14(16)17/h4-10,13,22H,21H2,1-3H3/t13-/m1/s1. The van der Waals surface area contributed by atoms with Crippen molar-refractivity contribution in [2.45, 2.75) is 26.9 Å². The third-order valence-electron chi connectivity index (χ3n) is 4.34. The first-order chi connectivity index (χ1) is 11.9. The van der Waals surface area contributed by atoms with E-state index in [-0.39, 0.29) is 11.3 Å². The molecule has 0 amide bonds. The first kappa shape index (κ1) is 16.8. The lowest BCUT2D eigenvalue weighted by molar-refractivity contribution is 0.0320. The molecule has 3 N–H and O–H groups in total. The molecule has 0 aliphatic heterocycles. The van der Waals surface area contributed by atoms with Crippen molar-refractivity contribution in [3.63, 3.8) is 0 Å². The van der Waals surface area contributed by atoms with E-state index in [9.17, 15) is 9.59 Å². The summed E-state index contributed by atoms with van der Waals surface area (Å²) in [5.41, 5.74) is 9.56. The van der Waals surface area contributed by atoms with E-state index in [0.717, 1.165) is 22.2 Å². The number of hydrogen-bond donors (Lipinski definition) is 2. The number of hydrogen-bond acceptors (Lipinski definition) is 4. The highest BCUT2D eigenvalue weighted by Crippen LogP contribution is 2.24. The number of anilines is 1. The Morgan fingerprint density at radius 3 is 2.56 bits per heavy atom. The molecule has 1 aromatic heterocycles. The average Bonchev–Trinajstić information content (AvgIpc) is 2.92. The lowest BCUT2D eigenvalue weighted by atomic mass is 10.0. The molecular weight excluding hydrogens is 316 g/mol. The highest BCUT2D eigenvalue weighted by atomic mass is 16.5. The molecule has 2 aromatic carbocycles. The first-order valence-corrected chi connectivity index (χ1v) is 8.07. The highest BCUT2D eigenvalue weighted by Gasteiger charge is 2.25. The van der Waals surface area contributed by atoms with Crippen LogP contribution in [0.1, 0.15) is 38.9 Å². The molecule has 5 nitrogen and oxygen atoms in total. The Morgan fingerprint density at radius 2 is 1.80 bits per heavy atom. The number of fused-ring (bicyclic) bond motifs is 1. The normalized spacial score (nSPS) is 12.1. The number of benzene rings is 2. The number of H-pyrrole nitrogens is 1. The van der Waals surface area contributed by atoms with Gasteiger partial charge in [0.15, 0.2) is 6.10 Å². The van der Waals surface area contributed by atoms with Crippen LogP contribution >= 0.6 is 0 Å². The fourth-order valence-corrected chi connectivity index (χ4v) is 2.93. The minimum Gasteiger partial charge on any atom is -0.451 e. The van der Waals surface area contributed by atoms with Crippen molar-refractivity contribution in [2.24, 2.45) is 0 Å². The molecule has 1 atom stereocenters. The molecule has 1 heterocycles. The maximum atomic E-state index is 12.8. The van der Waals surface area contributed by atoms with Gasteiger partial charge in [0.25, 0.3) is 0 Å². The number of aromatic amines is 1. The molecule has 0 spiro atoms. The van der Waals surface area contributed by atoms with Crippen molar-refractivity contribution in [1.29, 1.82) is 0 Å². The molecule has 0 aliphatic rings. The Hall–Kier alpha value is -3.08. The number of ketones is 1. The Labute approximate surface area is 145 Å². The lowest BCUT2D eigenvalue weighted by Crippen LogP contribution is -2.25. The first-order valence-electron chi connectivity index (χ1n) is 8.07. The van der Waals surface area contributed by atoms with Crippen molar-refractivity contribution in [3.8, 4) is 0 Å². The maximum Gasteiger partial charge on any atom is 0.340 e. The Balaban J connectivity index is 1.86. The third-order valence-corrected chi connectivity index (χ3v) is 4.34. The van der Waals surface area contributed by atoms with Crippen LogP contribution < -0.4 is 5.73 Å². The van der Waals surface area contributed by atoms with Gasteiger partial charge in [-0.05, 0) is 38.5 Å². The van der Waals surface area contributed by atoms with Gasteiger partial charge in [-0.25, -0.2) is 4.79 Å². The number of carbonyl (C=O) groups excluding carboxylic acids is 2. The number of Topliss-reactive ketones (excluding diaryl/α,β-unsaturated/α-hetero) is 1. The smallest absolute Gasteiger partial charge is 0.340 e. The molecular formula is C20H20N2O3. The second kappa shape index (κ2) is 6.43. The molecule has 0 bridgehead atoms. The Bertz CT molecular complexity index is 972. The van der Waals surface area contributed by atoms with Crippen molar-refractivity contribution < 1.29 is 14.3 Å². The Kier molecular flexibility index (Phi) is 4.31. The summed E-state index contributed by atoms with van der Waals surface area (Å²) in [6.07, 6.45) is -0.912. The lowest BCUT2D eigenvalue weighted by Gasteiger charge is -2.14. The van der Waals surface area contributed by atoms with Gasteiger partial charge < -0.3 is 15.5 Å². The van der Waals surface area contributed by atoms with E-state index in [1.54, 1.807) is 19.1 Å². The number of ether oxygens (including phenoxy) is 1. The van der Waals surface area contributed by atoms with Gasteiger partial charge in [0.05, 0.1) is 5.56 Å². The second-order valence-corrected chi connectivity index (χ2v) is 6.12. The SMILES string of the molecule is Cc1cccc(C(=O)O[C@H](C)C(=O)c2c(C)[nH]c3ccccc23)c1N. The third kappa shape index (κ3) is 3.01. The number of nitrogens with two attached hydrogens (primary N) is 1. The summed E-state index contributed by atoms with van der Waals surface area (Å²) in [7, 11) is 0. The summed E-state index contributed by atoms with van der Waals surface area (Å²) >= 11 is 0. The zero-order valence-electron chi connectivity index (χ0n) is 14.4. The monoisotopic (exact) mass is 336 g/mol. The van der Waals surface area contributed by atoms with Gasteiger partial charge in [-0.3, -0.25) is 4.79 Å². The fourth-order valence-electron chi connectivity index (χ4n) is 2.93. The van der Waals surface area contributed by atoms with E-state index in [4.69, 9.17) is 10.5 Å². The van der Waals surface area contributed by atoms with Crippen LogP contribution in [-0.4, -0.2) is 22.8 Å². The van der Waals surface area contributed by atoms with Gasteiger partial charge in [0.1, 0.15) is 0 Å². The van der Waals surface area contributed by atoms with Crippen molar-refractivity contribution >= 4 is 28.3 Å². The summed E-state index contributed by atoms with van der Waals surface area (Å²) in [5.74, 6) is -0.839. The van der Waals surface area contributed by atoms with E-state index in [1.807, 2.05) is 44.2 Å². The molecule has 3 rings (SSSR count). The van der Waals surface area contributed by atoms with Gasteiger partial charge in [-0.2, -0.15) is 0 Å². The summed E-state index contributed by atoms with van der Waals surface area (Å²) in [4.78, 5) is 28.4. The number of esters is 1. The minimum absolute atomic E-state index is 0.241. The number of aromatic nitrogens is 1. The maximum absolute atomic E-state index is 12.8. The summed E-state index contributed by atoms with van der Waals surface area (Å²) in [5, 5.41) is 0.822. The second-order valence-electron chi connectivity index (χ2n) is 6.12. The molecule has 0 radical (unpaired) electrons. The molecule has 128 valence electrons. The van der Waals surface area contributed by atoms with Crippen LogP contribution in [0.4, 0.5) is 5.69 Å². The van der Waals surface area contributed by atoms with E-state index < -0.39 is 12.1 Å². The number of nitrogen functional groups attached to an aromatic ring is 1. The number of aryl methyl sites for hydroxylation is 2. The Morgan fingerprint density at radius 1 is 1.08 bits per heavy atom. The van der Waals surface area contributed by atoms with Gasteiger partial charge >= 0.3 is 5.97 Å². The molecule has 0 unspecified atom stereocenters. The summed E-state index contributed by atoms with van der Waals surface area (Å²) in [6, 6.07) is 12.7. The van der Waals surface area contributed by atoms with Crippen LogP contribution in [0.5, 0.6) is 0 Å². The van der Waals surface area contributed by atoms with E-state index in [0.29, 0.717) is 11.3 Å². The zero-order chi connectivity index (χ0) is 18.1. The van der Waals surface area contributed by atoms with Crippen LogP contribution in [0.15, 0.2) is 42.5 Å². The summed E-state index contributed by atoms with van der Waals surface area (Å²) in [6.45, 7) is 5.23. The van der Waals surface area contributed by atoms with Gasteiger partial charge in [-0.1, -0.05) is 30.3 Å². The van der Waals surface area contributed by atoms with Crippen molar-refractivity contribution in [2.75, 3.05) is 5.73 Å². The van der Waals surface area contributed by atoms with Crippen LogP contribution in [0.25, 0.3) is 10.9 Å².